The molecular weight excluding hydrogens is 252 g/mol. The number of aliphatic hydroxyl groups excluding tert-OH is 1. The summed E-state index contributed by atoms with van der Waals surface area (Å²) < 4.78 is 25.6. The number of nitro groups is 1. The molecule has 0 spiro atoms. The number of nitrogens with two attached hydrogens (primary N) is 1. The van der Waals surface area contributed by atoms with E-state index in [1.165, 1.54) is 6.07 Å². The summed E-state index contributed by atoms with van der Waals surface area (Å²) in [6.07, 6.45) is 0. The van der Waals surface area contributed by atoms with Crippen LogP contribution in [-0.2, 0) is 0 Å². The SMILES string of the molecule is NNc1ccc([N+](=O)[O-])c(NCC(F)(F)CO)n1. The molecule has 8 nitrogen and oxygen atoms in total. The van der Waals surface area contributed by atoms with Crippen molar-refractivity contribution in [1.29, 1.82) is 0 Å². The van der Waals surface area contributed by atoms with Crippen LogP contribution in [0.3, 0.4) is 0 Å². The molecule has 18 heavy (non-hydrogen) atoms. The van der Waals surface area contributed by atoms with Crippen LogP contribution in [0.1, 0.15) is 0 Å². The van der Waals surface area contributed by atoms with E-state index >= 15 is 0 Å². The van der Waals surface area contributed by atoms with E-state index in [2.05, 4.69) is 15.7 Å². The molecule has 0 radical (unpaired) electrons. The first-order valence-corrected chi connectivity index (χ1v) is 4.74. The molecule has 1 aromatic rings. The molecular formula is C8H11F2N5O3. The minimum absolute atomic E-state index is 0.0791. The Morgan fingerprint density at radius 2 is 2.22 bits per heavy atom. The van der Waals surface area contributed by atoms with Crippen LogP contribution in [0.5, 0.6) is 0 Å². The van der Waals surface area contributed by atoms with E-state index in [-0.39, 0.29) is 11.6 Å². The van der Waals surface area contributed by atoms with E-state index in [9.17, 15) is 18.9 Å². The third-order valence-corrected chi connectivity index (χ3v) is 1.96. The summed E-state index contributed by atoms with van der Waals surface area (Å²) in [6.45, 7) is -2.35. The molecule has 0 aromatic carbocycles. The summed E-state index contributed by atoms with van der Waals surface area (Å²) >= 11 is 0. The molecule has 0 saturated heterocycles. The average molecular weight is 263 g/mol. The van der Waals surface area contributed by atoms with Gasteiger partial charge in [-0.05, 0) is 6.07 Å². The number of nitrogen functional groups attached to an aromatic ring is 1. The monoisotopic (exact) mass is 263 g/mol. The second-order valence-corrected chi connectivity index (χ2v) is 3.33. The van der Waals surface area contributed by atoms with Gasteiger partial charge in [0, 0.05) is 6.07 Å². The molecule has 1 rings (SSSR count). The Bertz CT molecular complexity index is 443. The number of hydrogen-bond donors (Lipinski definition) is 4. The van der Waals surface area contributed by atoms with E-state index in [0.717, 1.165) is 6.07 Å². The normalized spacial score (nSPS) is 11.1. The van der Waals surface area contributed by atoms with E-state index in [1.54, 1.807) is 0 Å². The van der Waals surface area contributed by atoms with Gasteiger partial charge in [0.15, 0.2) is 0 Å². The second-order valence-electron chi connectivity index (χ2n) is 3.33. The summed E-state index contributed by atoms with van der Waals surface area (Å²) in [5, 5.41) is 21.1. The van der Waals surface area contributed by atoms with Crippen LogP contribution in [0.4, 0.5) is 26.1 Å². The Balaban J connectivity index is 2.94. The summed E-state index contributed by atoms with van der Waals surface area (Å²) in [5.41, 5.74) is 1.66. The zero-order valence-corrected chi connectivity index (χ0v) is 9.06. The summed E-state index contributed by atoms with van der Waals surface area (Å²) in [5.74, 6) is 1.37. The number of rotatable bonds is 6. The van der Waals surface area contributed by atoms with Gasteiger partial charge >= 0.3 is 5.69 Å². The van der Waals surface area contributed by atoms with Crippen LogP contribution < -0.4 is 16.6 Å². The minimum Gasteiger partial charge on any atom is -0.390 e. The van der Waals surface area contributed by atoms with E-state index < -0.39 is 29.7 Å². The lowest BCUT2D eigenvalue weighted by Gasteiger charge is -2.14. The lowest BCUT2D eigenvalue weighted by molar-refractivity contribution is -0.384. The number of nitrogens with zero attached hydrogens (tertiary/aromatic N) is 2. The van der Waals surface area contributed by atoms with Crippen molar-refractivity contribution >= 4 is 17.3 Å². The van der Waals surface area contributed by atoms with Crippen molar-refractivity contribution < 1.29 is 18.8 Å². The largest absolute Gasteiger partial charge is 0.390 e. The van der Waals surface area contributed by atoms with Gasteiger partial charge in [-0.25, -0.2) is 19.6 Å². The third kappa shape index (κ3) is 3.46. The Hall–Kier alpha value is -2.07. The van der Waals surface area contributed by atoms with Crippen LogP contribution in [0.15, 0.2) is 12.1 Å². The van der Waals surface area contributed by atoms with Gasteiger partial charge in [-0.15, -0.1) is 0 Å². The molecule has 100 valence electrons. The number of hydrogen-bond acceptors (Lipinski definition) is 7. The van der Waals surface area contributed by atoms with Gasteiger partial charge in [0.2, 0.25) is 5.82 Å². The minimum atomic E-state index is -3.40. The highest BCUT2D eigenvalue weighted by molar-refractivity contribution is 5.60. The first-order valence-electron chi connectivity index (χ1n) is 4.74. The highest BCUT2D eigenvalue weighted by Crippen LogP contribution is 2.24. The lowest BCUT2D eigenvalue weighted by Crippen LogP contribution is -2.31. The summed E-state index contributed by atoms with van der Waals surface area (Å²) in [7, 11) is 0. The highest BCUT2D eigenvalue weighted by atomic mass is 19.3. The fourth-order valence-electron chi connectivity index (χ4n) is 1.08. The van der Waals surface area contributed by atoms with E-state index in [1.807, 2.05) is 0 Å². The lowest BCUT2D eigenvalue weighted by atomic mass is 10.3. The number of aromatic nitrogens is 1. The maximum atomic E-state index is 12.8. The Morgan fingerprint density at radius 3 is 2.72 bits per heavy atom. The second kappa shape index (κ2) is 5.51. The standard InChI is InChI=1S/C8H11F2N5O3/c9-8(10,4-16)3-12-7-5(15(17)18)1-2-6(13-7)14-11/h1-2,16H,3-4,11H2,(H2,12,13,14). The molecule has 0 unspecified atom stereocenters. The molecule has 0 aliphatic carbocycles. The summed E-state index contributed by atoms with van der Waals surface area (Å²) in [6, 6.07) is 2.30. The van der Waals surface area contributed by atoms with Gasteiger partial charge in [0.05, 0.1) is 11.5 Å². The molecule has 10 heteroatoms. The van der Waals surface area contributed by atoms with E-state index in [4.69, 9.17) is 10.9 Å². The Morgan fingerprint density at radius 1 is 1.56 bits per heavy atom. The molecule has 1 aromatic heterocycles. The number of anilines is 2. The molecule has 0 bridgehead atoms. The van der Waals surface area contributed by atoms with Gasteiger partial charge in [-0.3, -0.25) is 10.1 Å². The topological polar surface area (TPSA) is 126 Å². The van der Waals surface area contributed by atoms with Crippen LogP contribution in [0.25, 0.3) is 0 Å². The molecule has 0 aliphatic rings. The molecule has 1 heterocycles. The quantitative estimate of drug-likeness (QED) is 0.330. The molecule has 0 aliphatic heterocycles. The van der Waals surface area contributed by atoms with Crippen molar-refractivity contribution in [3.05, 3.63) is 22.2 Å². The Kier molecular flexibility index (Phi) is 4.28. The van der Waals surface area contributed by atoms with Crippen molar-refractivity contribution in [3.8, 4) is 0 Å². The van der Waals surface area contributed by atoms with Crippen molar-refractivity contribution in [2.75, 3.05) is 23.9 Å². The van der Waals surface area contributed by atoms with Gasteiger partial charge in [-0.1, -0.05) is 0 Å². The number of aliphatic hydroxyl groups is 1. The van der Waals surface area contributed by atoms with Crippen molar-refractivity contribution in [3.63, 3.8) is 0 Å². The first-order chi connectivity index (χ1) is 8.39. The fraction of sp³-hybridized carbons (Fsp3) is 0.375. The van der Waals surface area contributed by atoms with Crippen LogP contribution in [0.2, 0.25) is 0 Å². The average Bonchev–Trinajstić information content (AvgIpc) is 2.36. The number of nitrogens with one attached hydrogen (secondary N) is 2. The molecule has 0 saturated carbocycles. The van der Waals surface area contributed by atoms with Crippen LogP contribution in [0, 0.1) is 10.1 Å². The smallest absolute Gasteiger partial charge is 0.311 e. The molecule has 0 fully saturated rings. The number of pyridine rings is 1. The van der Waals surface area contributed by atoms with Gasteiger partial charge in [-0.2, -0.15) is 0 Å². The molecule has 0 amide bonds. The van der Waals surface area contributed by atoms with Crippen LogP contribution in [-0.4, -0.2) is 34.1 Å². The predicted octanol–water partition coefficient (Wildman–Crippen LogP) is 0.315. The zero-order valence-electron chi connectivity index (χ0n) is 9.06. The summed E-state index contributed by atoms with van der Waals surface area (Å²) in [4.78, 5) is 13.5. The van der Waals surface area contributed by atoms with Crippen molar-refractivity contribution in [2.24, 2.45) is 5.84 Å². The number of halogens is 2. The first kappa shape index (κ1) is 14.0. The predicted molar refractivity (Wildman–Crippen MR) is 59.2 cm³/mol. The molecule has 0 atom stereocenters. The van der Waals surface area contributed by atoms with Crippen molar-refractivity contribution in [1.82, 2.24) is 4.98 Å². The third-order valence-electron chi connectivity index (χ3n) is 1.96. The zero-order chi connectivity index (χ0) is 13.8. The maximum Gasteiger partial charge on any atom is 0.311 e. The van der Waals surface area contributed by atoms with Gasteiger partial charge in [0.25, 0.3) is 5.92 Å². The van der Waals surface area contributed by atoms with Gasteiger partial charge < -0.3 is 15.8 Å². The van der Waals surface area contributed by atoms with Gasteiger partial charge in [0.1, 0.15) is 12.4 Å². The Labute approximate surface area is 99.9 Å². The van der Waals surface area contributed by atoms with Crippen LogP contribution >= 0.6 is 0 Å². The highest BCUT2D eigenvalue weighted by Gasteiger charge is 2.29. The fourth-order valence-corrected chi connectivity index (χ4v) is 1.08. The number of alkyl halides is 2. The molecule has 5 N–H and O–H groups in total. The maximum absolute atomic E-state index is 12.8. The van der Waals surface area contributed by atoms with E-state index in [0.29, 0.717) is 0 Å². The van der Waals surface area contributed by atoms with Crippen molar-refractivity contribution in [2.45, 2.75) is 5.92 Å². The number of hydrazine groups is 1.